The fourth-order valence-corrected chi connectivity index (χ4v) is 7.92. The lowest BCUT2D eigenvalue weighted by Crippen LogP contribution is -2.75. The number of hydrogen-bond acceptors (Lipinski definition) is 8. The number of carbonyl (C=O) groups excluding carboxylic acids is 3. The molecule has 8 nitrogen and oxygen atoms in total. The minimum Gasteiger partial charge on any atom is -0.458 e. The maximum absolute atomic E-state index is 13.5. The van der Waals surface area contributed by atoms with Gasteiger partial charge >= 0.3 is 17.9 Å². The smallest absolute Gasteiger partial charge is 0.338 e. The summed E-state index contributed by atoms with van der Waals surface area (Å²) >= 11 is 0. The Hall–Kier alpha value is -4.01. The number of aliphatic hydroxyl groups is 1. The molecular formula is C36H38O8. The molecule has 44 heavy (non-hydrogen) atoms. The summed E-state index contributed by atoms with van der Waals surface area (Å²) < 4.78 is 25.5. The molecule has 8 atom stereocenters. The van der Waals surface area contributed by atoms with Crippen molar-refractivity contribution in [1.82, 2.24) is 0 Å². The van der Waals surface area contributed by atoms with Gasteiger partial charge < -0.3 is 24.1 Å². The minimum atomic E-state index is -1.33. The Labute approximate surface area is 257 Å². The van der Waals surface area contributed by atoms with Crippen molar-refractivity contribution in [3.8, 4) is 0 Å². The summed E-state index contributed by atoms with van der Waals surface area (Å²) in [5.41, 5.74) is -2.25. The second-order valence-corrected chi connectivity index (χ2v) is 13.0. The Kier molecular flexibility index (Phi) is 7.62. The summed E-state index contributed by atoms with van der Waals surface area (Å²) in [6, 6.07) is 26.0. The van der Waals surface area contributed by atoms with E-state index < -0.39 is 58.9 Å². The number of fused-ring (bicyclic) bond motifs is 1. The number of esters is 3. The third-order valence-corrected chi connectivity index (χ3v) is 10.1. The van der Waals surface area contributed by atoms with Crippen molar-refractivity contribution < 1.29 is 38.4 Å². The predicted molar refractivity (Wildman–Crippen MR) is 161 cm³/mol. The molecule has 3 fully saturated rings. The number of benzene rings is 3. The lowest BCUT2D eigenvalue weighted by Gasteiger charge is -2.62. The zero-order valence-corrected chi connectivity index (χ0v) is 25.3. The zero-order valence-electron chi connectivity index (χ0n) is 25.3. The first kappa shape index (κ1) is 30.0. The third-order valence-electron chi connectivity index (χ3n) is 10.1. The van der Waals surface area contributed by atoms with E-state index in [0.29, 0.717) is 16.7 Å². The second kappa shape index (κ2) is 11.2. The van der Waals surface area contributed by atoms with Crippen molar-refractivity contribution in [1.29, 1.82) is 0 Å². The molecule has 3 aromatic carbocycles. The van der Waals surface area contributed by atoms with Crippen LogP contribution in [0.1, 0.15) is 71.6 Å². The first-order chi connectivity index (χ1) is 21.0. The summed E-state index contributed by atoms with van der Waals surface area (Å²) in [4.78, 5) is 40.2. The molecule has 2 aliphatic carbocycles. The predicted octanol–water partition coefficient (Wildman–Crippen LogP) is 5.64. The molecule has 1 heterocycles. The average Bonchev–Trinajstić information content (AvgIpc) is 3.21. The zero-order chi connectivity index (χ0) is 31.3. The summed E-state index contributed by atoms with van der Waals surface area (Å²) in [6.07, 6.45) is -3.34. The maximum atomic E-state index is 13.5. The van der Waals surface area contributed by atoms with Gasteiger partial charge in [-0.15, -0.1) is 0 Å². The van der Waals surface area contributed by atoms with Crippen LogP contribution >= 0.6 is 0 Å². The number of carbonyl (C=O) groups is 3. The van der Waals surface area contributed by atoms with Crippen LogP contribution in [0.4, 0.5) is 0 Å². The molecule has 3 aliphatic rings. The van der Waals surface area contributed by atoms with Crippen molar-refractivity contribution in [2.45, 2.75) is 76.2 Å². The Morgan fingerprint density at radius 1 is 0.705 bits per heavy atom. The molecule has 3 aromatic rings. The molecule has 0 radical (unpaired) electrons. The summed E-state index contributed by atoms with van der Waals surface area (Å²) in [5.74, 6) is -2.32. The van der Waals surface area contributed by atoms with Gasteiger partial charge in [0.2, 0.25) is 0 Å². The second-order valence-electron chi connectivity index (χ2n) is 13.0. The van der Waals surface area contributed by atoms with Gasteiger partial charge in [-0.05, 0) is 69.0 Å². The van der Waals surface area contributed by atoms with Crippen molar-refractivity contribution in [3.05, 3.63) is 108 Å². The molecule has 0 unspecified atom stereocenters. The highest BCUT2D eigenvalue weighted by molar-refractivity contribution is 5.90. The van der Waals surface area contributed by atoms with E-state index in [0.717, 1.165) is 0 Å². The maximum Gasteiger partial charge on any atom is 0.338 e. The normalized spacial score (nSPS) is 33.5. The highest BCUT2D eigenvalue weighted by atomic mass is 16.6. The van der Waals surface area contributed by atoms with Gasteiger partial charge in [0.15, 0.2) is 0 Å². The van der Waals surface area contributed by atoms with Crippen LogP contribution in [0, 0.1) is 17.3 Å². The lowest BCUT2D eigenvalue weighted by molar-refractivity contribution is -0.298. The first-order valence-electron chi connectivity index (χ1n) is 15.2. The van der Waals surface area contributed by atoms with E-state index >= 15 is 0 Å². The van der Waals surface area contributed by atoms with Gasteiger partial charge in [0.05, 0.1) is 27.7 Å². The number of aliphatic hydroxyl groups excluding tert-OH is 1. The van der Waals surface area contributed by atoms with Gasteiger partial charge in [0.1, 0.15) is 30.0 Å². The topological polar surface area (TPSA) is 108 Å². The van der Waals surface area contributed by atoms with E-state index in [1.807, 2.05) is 32.9 Å². The molecule has 2 bridgehead atoms. The van der Waals surface area contributed by atoms with Crippen LogP contribution in [0.15, 0.2) is 91.0 Å². The van der Waals surface area contributed by atoms with Crippen LogP contribution in [0.5, 0.6) is 0 Å². The quantitative estimate of drug-likeness (QED) is 0.287. The fourth-order valence-electron chi connectivity index (χ4n) is 7.92. The van der Waals surface area contributed by atoms with Gasteiger partial charge in [0, 0.05) is 5.92 Å². The van der Waals surface area contributed by atoms with Crippen LogP contribution in [0.2, 0.25) is 0 Å². The van der Waals surface area contributed by atoms with Crippen LogP contribution < -0.4 is 0 Å². The van der Waals surface area contributed by atoms with E-state index in [9.17, 15) is 19.5 Å². The van der Waals surface area contributed by atoms with Crippen molar-refractivity contribution in [3.63, 3.8) is 0 Å². The number of ether oxygens (including phenoxy) is 4. The number of rotatable bonds is 6. The van der Waals surface area contributed by atoms with Crippen molar-refractivity contribution >= 4 is 17.9 Å². The van der Waals surface area contributed by atoms with Crippen LogP contribution in [-0.2, 0) is 18.9 Å². The molecule has 8 heteroatoms. The van der Waals surface area contributed by atoms with Gasteiger partial charge in [0.25, 0.3) is 0 Å². The molecule has 2 saturated carbocycles. The van der Waals surface area contributed by atoms with Gasteiger partial charge in [-0.2, -0.15) is 0 Å². The molecule has 0 amide bonds. The van der Waals surface area contributed by atoms with Crippen LogP contribution in [-0.4, -0.2) is 58.6 Å². The average molecular weight is 599 g/mol. The number of hydrogen-bond donors (Lipinski definition) is 1. The Bertz CT molecular complexity index is 1520. The standard InChI is InChI=1S/C36H38O8/c1-22-20-27(41-31(38)23-14-8-5-9-15-23)29(37)35(4)28(42-32(39)24-16-10-6-11-17-24)21-26-30(36(22,35)44-34(26,2)3)43-33(40)25-18-12-7-13-19-25/h5-19,22,26-30,37H,20-21H2,1-4H3/t22-,26-,27+,28+,29+,30-,35-,36-/m1/s1. The molecule has 1 spiro atoms. The largest absolute Gasteiger partial charge is 0.458 e. The van der Waals surface area contributed by atoms with Gasteiger partial charge in [-0.1, -0.05) is 68.4 Å². The third kappa shape index (κ3) is 4.72. The van der Waals surface area contributed by atoms with Gasteiger partial charge in [-0.3, -0.25) is 0 Å². The van der Waals surface area contributed by atoms with Crippen molar-refractivity contribution in [2.75, 3.05) is 0 Å². The minimum absolute atomic E-state index is 0.247. The summed E-state index contributed by atoms with van der Waals surface area (Å²) in [7, 11) is 0. The SMILES string of the molecule is C[C@@H]1C[C@H](OC(=O)c2ccccc2)[C@H](O)[C@@]2(C)[C@@H](OC(=O)c3ccccc3)C[C@@H]3[C@@H](OC(=O)c4ccccc4)[C@]12OC3(C)C. The van der Waals surface area contributed by atoms with E-state index in [4.69, 9.17) is 18.9 Å². The molecule has 230 valence electrons. The van der Waals surface area contributed by atoms with Crippen LogP contribution in [0.25, 0.3) is 0 Å². The van der Waals surface area contributed by atoms with E-state index in [-0.39, 0.29) is 24.7 Å². The monoisotopic (exact) mass is 598 g/mol. The van der Waals surface area contributed by atoms with Crippen LogP contribution in [0.3, 0.4) is 0 Å². The van der Waals surface area contributed by atoms with E-state index in [2.05, 4.69) is 0 Å². The molecule has 1 aliphatic heterocycles. The summed E-state index contributed by atoms with van der Waals surface area (Å²) in [6.45, 7) is 7.65. The fraction of sp³-hybridized carbons (Fsp3) is 0.417. The van der Waals surface area contributed by atoms with E-state index in [1.54, 1.807) is 85.8 Å². The highest BCUT2D eigenvalue weighted by Crippen LogP contribution is 2.67. The molecule has 0 aromatic heterocycles. The molecule has 6 rings (SSSR count). The molecular weight excluding hydrogens is 560 g/mol. The molecule has 1 saturated heterocycles. The Balaban J connectivity index is 1.42. The Morgan fingerprint density at radius 2 is 1.16 bits per heavy atom. The molecule has 1 N–H and O–H groups in total. The first-order valence-corrected chi connectivity index (χ1v) is 15.2. The van der Waals surface area contributed by atoms with Crippen molar-refractivity contribution in [2.24, 2.45) is 17.3 Å². The van der Waals surface area contributed by atoms with Gasteiger partial charge in [-0.25, -0.2) is 14.4 Å². The highest BCUT2D eigenvalue weighted by Gasteiger charge is 2.79. The Morgan fingerprint density at radius 3 is 1.66 bits per heavy atom. The summed E-state index contributed by atoms with van der Waals surface area (Å²) in [5, 5.41) is 12.3. The van der Waals surface area contributed by atoms with E-state index in [1.165, 1.54) is 0 Å². The lowest BCUT2D eigenvalue weighted by atomic mass is 9.48.